The van der Waals surface area contributed by atoms with E-state index in [1.807, 2.05) is 31.2 Å². The van der Waals surface area contributed by atoms with Crippen molar-refractivity contribution in [3.8, 4) is 11.4 Å². The lowest BCUT2D eigenvalue weighted by Crippen LogP contribution is -2.27. The fourth-order valence-corrected chi connectivity index (χ4v) is 1.85. The van der Waals surface area contributed by atoms with Crippen molar-refractivity contribution in [3.05, 3.63) is 42.0 Å². The van der Waals surface area contributed by atoms with Gasteiger partial charge in [0.1, 0.15) is 5.82 Å². The van der Waals surface area contributed by atoms with Crippen molar-refractivity contribution in [2.45, 2.75) is 27.2 Å². The Kier molecular flexibility index (Phi) is 3.90. The van der Waals surface area contributed by atoms with Crippen LogP contribution < -0.4 is 5.73 Å². The second-order valence-electron chi connectivity index (χ2n) is 5.57. The summed E-state index contributed by atoms with van der Waals surface area (Å²) in [6.07, 6.45) is 2.54. The largest absolute Gasteiger partial charge is 0.330 e. The first-order chi connectivity index (χ1) is 9.00. The highest BCUT2D eigenvalue weighted by Gasteiger charge is 2.18. The third-order valence-corrected chi connectivity index (χ3v) is 3.02. The molecule has 0 saturated heterocycles. The number of nitrogens with two attached hydrogens (primary N) is 1. The van der Waals surface area contributed by atoms with E-state index < -0.39 is 0 Å². The molecule has 0 aliphatic heterocycles. The van der Waals surface area contributed by atoms with E-state index in [0.29, 0.717) is 6.54 Å². The van der Waals surface area contributed by atoms with Crippen molar-refractivity contribution in [2.75, 3.05) is 6.54 Å². The molecule has 2 aromatic rings. The van der Waals surface area contributed by atoms with Gasteiger partial charge in [0.15, 0.2) is 0 Å². The number of nitrogens with zero attached hydrogens (tertiary/aromatic N) is 3. The fourth-order valence-electron chi connectivity index (χ4n) is 1.85. The molecule has 0 aliphatic rings. The monoisotopic (exact) mass is 256 g/mol. The Labute approximate surface area is 114 Å². The standard InChI is InChI=1S/C15H20N4/c1-11-8-13(12-6-4-5-7-17-12)19-14(18-11)9-15(2,3)10-16/h4-8H,9-10,16H2,1-3H3. The van der Waals surface area contributed by atoms with Crippen molar-refractivity contribution in [2.24, 2.45) is 11.1 Å². The van der Waals surface area contributed by atoms with Crippen LogP contribution in [0, 0.1) is 12.3 Å². The second-order valence-corrected chi connectivity index (χ2v) is 5.57. The lowest BCUT2D eigenvalue weighted by molar-refractivity contribution is 0.367. The van der Waals surface area contributed by atoms with Crippen LogP contribution in [0.3, 0.4) is 0 Å². The maximum Gasteiger partial charge on any atom is 0.129 e. The van der Waals surface area contributed by atoms with E-state index in [4.69, 9.17) is 5.73 Å². The van der Waals surface area contributed by atoms with E-state index in [1.54, 1.807) is 6.20 Å². The van der Waals surface area contributed by atoms with Crippen molar-refractivity contribution in [3.63, 3.8) is 0 Å². The van der Waals surface area contributed by atoms with Crippen LogP contribution in [0.1, 0.15) is 25.4 Å². The Morgan fingerprint density at radius 2 is 1.95 bits per heavy atom. The Bertz CT molecular complexity index is 549. The quantitative estimate of drug-likeness (QED) is 0.912. The number of aryl methyl sites for hydroxylation is 1. The molecule has 0 aromatic carbocycles. The van der Waals surface area contributed by atoms with Gasteiger partial charge in [0, 0.05) is 18.3 Å². The molecule has 100 valence electrons. The molecule has 0 spiro atoms. The topological polar surface area (TPSA) is 64.7 Å². The summed E-state index contributed by atoms with van der Waals surface area (Å²) in [5.41, 5.74) is 8.49. The third kappa shape index (κ3) is 3.58. The molecule has 0 atom stereocenters. The molecule has 0 amide bonds. The fraction of sp³-hybridized carbons (Fsp3) is 0.400. The van der Waals surface area contributed by atoms with Crippen LogP contribution in [0.5, 0.6) is 0 Å². The van der Waals surface area contributed by atoms with Gasteiger partial charge in [0.05, 0.1) is 11.4 Å². The van der Waals surface area contributed by atoms with E-state index >= 15 is 0 Å². The van der Waals surface area contributed by atoms with Gasteiger partial charge in [-0.1, -0.05) is 19.9 Å². The zero-order chi connectivity index (χ0) is 13.9. The minimum atomic E-state index is 0.00911. The average Bonchev–Trinajstić information content (AvgIpc) is 2.38. The molecule has 2 heterocycles. The molecule has 0 radical (unpaired) electrons. The molecule has 0 saturated carbocycles. The highest BCUT2D eigenvalue weighted by molar-refractivity contribution is 5.53. The Morgan fingerprint density at radius 3 is 2.58 bits per heavy atom. The summed E-state index contributed by atoms with van der Waals surface area (Å²) in [5, 5.41) is 0. The second kappa shape index (κ2) is 5.45. The smallest absolute Gasteiger partial charge is 0.129 e. The van der Waals surface area contributed by atoms with Crippen molar-refractivity contribution in [1.29, 1.82) is 0 Å². The van der Waals surface area contributed by atoms with Crippen LogP contribution in [0.25, 0.3) is 11.4 Å². The first-order valence-corrected chi connectivity index (χ1v) is 6.46. The SMILES string of the molecule is Cc1cc(-c2ccccn2)nc(CC(C)(C)CN)n1. The molecule has 0 fully saturated rings. The van der Waals surface area contributed by atoms with Gasteiger partial charge < -0.3 is 5.73 Å². The molecule has 2 rings (SSSR count). The van der Waals surface area contributed by atoms with Crippen LogP contribution in [0.15, 0.2) is 30.5 Å². The molecule has 2 aromatic heterocycles. The van der Waals surface area contributed by atoms with E-state index in [2.05, 4.69) is 28.8 Å². The summed E-state index contributed by atoms with van der Waals surface area (Å²) in [5.74, 6) is 0.830. The highest BCUT2D eigenvalue weighted by atomic mass is 14.9. The van der Waals surface area contributed by atoms with Crippen LogP contribution in [0.4, 0.5) is 0 Å². The summed E-state index contributed by atoms with van der Waals surface area (Å²) in [4.78, 5) is 13.4. The molecule has 0 bridgehead atoms. The van der Waals surface area contributed by atoms with Crippen molar-refractivity contribution >= 4 is 0 Å². The van der Waals surface area contributed by atoms with Gasteiger partial charge in [0.2, 0.25) is 0 Å². The van der Waals surface area contributed by atoms with Crippen LogP contribution in [-0.4, -0.2) is 21.5 Å². The molecule has 19 heavy (non-hydrogen) atoms. The summed E-state index contributed by atoms with van der Waals surface area (Å²) >= 11 is 0. The Morgan fingerprint density at radius 1 is 1.16 bits per heavy atom. The number of rotatable bonds is 4. The average molecular weight is 256 g/mol. The zero-order valence-electron chi connectivity index (χ0n) is 11.7. The maximum atomic E-state index is 5.77. The number of hydrogen-bond donors (Lipinski definition) is 1. The van der Waals surface area contributed by atoms with Gasteiger partial charge in [-0.25, -0.2) is 9.97 Å². The van der Waals surface area contributed by atoms with Gasteiger partial charge in [-0.15, -0.1) is 0 Å². The first kappa shape index (κ1) is 13.6. The minimum absolute atomic E-state index is 0.00911. The number of hydrogen-bond acceptors (Lipinski definition) is 4. The van der Waals surface area contributed by atoms with Crippen molar-refractivity contribution < 1.29 is 0 Å². The predicted octanol–water partition coefficient (Wildman–Crippen LogP) is 2.37. The molecular weight excluding hydrogens is 236 g/mol. The summed E-state index contributed by atoms with van der Waals surface area (Å²) in [6.45, 7) is 6.84. The van der Waals surface area contributed by atoms with Crippen LogP contribution >= 0.6 is 0 Å². The Hall–Kier alpha value is -1.81. The molecule has 0 unspecified atom stereocenters. The summed E-state index contributed by atoms with van der Waals surface area (Å²) < 4.78 is 0. The first-order valence-electron chi connectivity index (χ1n) is 6.46. The molecule has 0 aliphatic carbocycles. The normalized spacial score (nSPS) is 11.6. The highest BCUT2D eigenvalue weighted by Crippen LogP contribution is 2.21. The van der Waals surface area contributed by atoms with E-state index in [-0.39, 0.29) is 5.41 Å². The van der Waals surface area contributed by atoms with Crippen LogP contribution in [0.2, 0.25) is 0 Å². The minimum Gasteiger partial charge on any atom is -0.330 e. The van der Waals surface area contributed by atoms with Crippen LogP contribution in [-0.2, 0) is 6.42 Å². The zero-order valence-corrected chi connectivity index (χ0v) is 11.7. The van der Waals surface area contributed by atoms with Gasteiger partial charge in [-0.3, -0.25) is 4.98 Å². The van der Waals surface area contributed by atoms with E-state index in [1.165, 1.54) is 0 Å². The van der Waals surface area contributed by atoms with E-state index in [0.717, 1.165) is 29.3 Å². The Balaban J connectivity index is 2.35. The van der Waals surface area contributed by atoms with Crippen molar-refractivity contribution in [1.82, 2.24) is 15.0 Å². The van der Waals surface area contributed by atoms with Gasteiger partial charge in [0.25, 0.3) is 0 Å². The molecule has 2 N–H and O–H groups in total. The third-order valence-electron chi connectivity index (χ3n) is 3.02. The molecule has 4 heteroatoms. The number of pyridine rings is 1. The van der Waals surface area contributed by atoms with Gasteiger partial charge >= 0.3 is 0 Å². The maximum absolute atomic E-state index is 5.77. The molecule has 4 nitrogen and oxygen atoms in total. The summed E-state index contributed by atoms with van der Waals surface area (Å²) in [7, 11) is 0. The van der Waals surface area contributed by atoms with Gasteiger partial charge in [-0.05, 0) is 37.1 Å². The lowest BCUT2D eigenvalue weighted by Gasteiger charge is -2.21. The van der Waals surface area contributed by atoms with Gasteiger partial charge in [-0.2, -0.15) is 0 Å². The molecular formula is C15H20N4. The van der Waals surface area contributed by atoms with E-state index in [9.17, 15) is 0 Å². The lowest BCUT2D eigenvalue weighted by atomic mass is 9.89. The number of aromatic nitrogens is 3. The predicted molar refractivity (Wildman–Crippen MR) is 76.5 cm³/mol. The summed E-state index contributed by atoms with van der Waals surface area (Å²) in [6, 6.07) is 7.78.